The summed E-state index contributed by atoms with van der Waals surface area (Å²) in [6, 6.07) is 8.75. The highest BCUT2D eigenvalue weighted by Crippen LogP contribution is 2.41. The van der Waals surface area contributed by atoms with Crippen LogP contribution in [0.2, 0.25) is 0 Å². The number of aliphatic hydroxyl groups is 1. The maximum absolute atomic E-state index is 14.6. The Morgan fingerprint density at radius 2 is 1.54 bits per heavy atom. The quantitative estimate of drug-likeness (QED) is 0.0739. The van der Waals surface area contributed by atoms with E-state index in [1.807, 2.05) is 6.07 Å². The second kappa shape index (κ2) is 27.8. The fourth-order valence-corrected chi connectivity index (χ4v) is 7.76. The van der Waals surface area contributed by atoms with Crippen molar-refractivity contribution in [3.63, 3.8) is 0 Å². The standard InChI is InChI=1S/C47H69N7O9/c1-4-5-6-7-8-9-10-13-44(59)52-38(30-55)40(57)29-34(18-20-49)47(61)54(3)45-33-15-17-43(63-24-22-51)36(28-33)35-26-32(14-16-42(35)62-23-21-50)27-37(39(56)12-11-19-48)53-46(60)31(2)25-41(45)58/h14-17,26,28,31,34,37-38,45,55H,4-13,18,20-25,27,29-30,49-51H2,1-3H3,(H,52,59)(H,53,60)/t31-,34-,37+,38-,45+/m1/s1. The molecule has 0 aromatic heterocycles. The summed E-state index contributed by atoms with van der Waals surface area (Å²) in [5, 5.41) is 24.8. The maximum atomic E-state index is 14.6. The fraction of sp³-hybridized carbons (Fsp3) is 0.596. The first-order valence-electron chi connectivity index (χ1n) is 22.4. The number of benzene rings is 2. The molecule has 1 aliphatic heterocycles. The first kappa shape index (κ1) is 52.1. The first-order chi connectivity index (χ1) is 30.3. The monoisotopic (exact) mass is 876 g/mol. The van der Waals surface area contributed by atoms with Crippen molar-refractivity contribution >= 4 is 35.1 Å². The molecule has 63 heavy (non-hydrogen) atoms. The smallest absolute Gasteiger partial charge is 0.226 e. The lowest BCUT2D eigenvalue weighted by atomic mass is 9.88. The highest BCUT2D eigenvalue weighted by molar-refractivity contribution is 5.97. The van der Waals surface area contributed by atoms with E-state index < -0.39 is 59.9 Å². The number of ether oxygens (including phenoxy) is 2. The van der Waals surface area contributed by atoms with Crippen LogP contribution in [0.3, 0.4) is 0 Å². The molecule has 5 atom stereocenters. The molecule has 16 heteroatoms. The van der Waals surface area contributed by atoms with E-state index in [1.54, 1.807) is 43.3 Å². The van der Waals surface area contributed by atoms with Crippen LogP contribution >= 0.6 is 0 Å². The number of carbonyl (C=O) groups is 6. The molecule has 0 radical (unpaired) electrons. The fourth-order valence-electron chi connectivity index (χ4n) is 7.76. The molecule has 4 bridgehead atoms. The molecule has 0 saturated carbocycles. The van der Waals surface area contributed by atoms with Gasteiger partial charge in [0.15, 0.2) is 17.3 Å². The van der Waals surface area contributed by atoms with E-state index in [0.717, 1.165) is 32.1 Å². The second-order valence-electron chi connectivity index (χ2n) is 16.3. The molecule has 1 heterocycles. The van der Waals surface area contributed by atoms with Gasteiger partial charge in [0, 0.05) is 75.2 Å². The van der Waals surface area contributed by atoms with Crippen molar-refractivity contribution in [1.82, 2.24) is 15.5 Å². The first-order valence-corrected chi connectivity index (χ1v) is 22.4. The van der Waals surface area contributed by atoms with Gasteiger partial charge in [-0.05, 0) is 61.2 Å². The molecule has 0 spiro atoms. The molecule has 16 nitrogen and oxygen atoms in total. The van der Waals surface area contributed by atoms with Crippen molar-refractivity contribution in [2.75, 3.05) is 46.5 Å². The van der Waals surface area contributed by atoms with E-state index in [1.165, 1.54) is 18.4 Å². The number of Topliss-reactive ketones (excluding diaryl/α,β-unsaturated/α-hetero) is 3. The predicted molar refractivity (Wildman–Crippen MR) is 239 cm³/mol. The average Bonchev–Trinajstić information content (AvgIpc) is 3.27. The summed E-state index contributed by atoms with van der Waals surface area (Å²) in [5.74, 6) is -4.08. The Morgan fingerprint density at radius 1 is 0.905 bits per heavy atom. The number of amides is 3. The topological polar surface area (TPSA) is 270 Å². The number of carbonyl (C=O) groups excluding carboxylic acids is 6. The average molecular weight is 876 g/mol. The van der Waals surface area contributed by atoms with Gasteiger partial charge in [-0.15, -0.1) is 0 Å². The van der Waals surface area contributed by atoms with Gasteiger partial charge >= 0.3 is 0 Å². The molecule has 2 aromatic carbocycles. The molecular formula is C47H69N7O9. The number of likely N-dealkylation sites (N-methyl/N-ethyl adjacent to an activating group) is 1. The zero-order valence-corrected chi connectivity index (χ0v) is 37.3. The van der Waals surface area contributed by atoms with Gasteiger partial charge in [-0.1, -0.05) is 64.5 Å². The second-order valence-corrected chi connectivity index (χ2v) is 16.3. The minimum Gasteiger partial charge on any atom is -0.492 e. The molecule has 0 aliphatic carbocycles. The lowest BCUT2D eigenvalue weighted by Gasteiger charge is -2.32. The van der Waals surface area contributed by atoms with E-state index in [2.05, 4.69) is 17.6 Å². The molecule has 3 rings (SSSR count). The van der Waals surface area contributed by atoms with E-state index in [-0.39, 0.29) is 89.5 Å². The normalized spacial score (nSPS) is 17.3. The highest BCUT2D eigenvalue weighted by atomic mass is 16.5. The van der Waals surface area contributed by atoms with Crippen LogP contribution in [0.25, 0.3) is 11.1 Å². The molecule has 2 aromatic rings. The van der Waals surface area contributed by atoms with E-state index in [4.69, 9.17) is 26.7 Å². The van der Waals surface area contributed by atoms with Crippen LogP contribution in [0.1, 0.15) is 114 Å². The molecule has 9 N–H and O–H groups in total. The van der Waals surface area contributed by atoms with Crippen LogP contribution < -0.4 is 37.3 Å². The molecule has 0 saturated heterocycles. The molecule has 0 fully saturated rings. The Labute approximate surface area is 372 Å². The molecule has 346 valence electrons. The Kier molecular flexibility index (Phi) is 23.0. The number of unbranched alkanes of at least 4 members (excludes halogenated alkanes) is 6. The van der Waals surface area contributed by atoms with Gasteiger partial charge in [-0.3, -0.25) is 28.8 Å². The summed E-state index contributed by atoms with van der Waals surface area (Å²) in [4.78, 5) is 84.0. The third-order valence-corrected chi connectivity index (χ3v) is 11.3. The van der Waals surface area contributed by atoms with Crippen molar-refractivity contribution in [1.29, 1.82) is 5.26 Å². The molecule has 0 unspecified atom stereocenters. The zero-order valence-electron chi connectivity index (χ0n) is 37.3. The van der Waals surface area contributed by atoms with Crippen LogP contribution in [-0.2, 0) is 35.2 Å². The number of hydrogen-bond acceptors (Lipinski definition) is 13. The van der Waals surface area contributed by atoms with Crippen LogP contribution in [0.15, 0.2) is 36.4 Å². The maximum Gasteiger partial charge on any atom is 0.226 e. The summed E-state index contributed by atoms with van der Waals surface area (Å²) in [7, 11) is 1.44. The van der Waals surface area contributed by atoms with Crippen molar-refractivity contribution in [2.24, 2.45) is 29.0 Å². The Hall–Kier alpha value is -5.21. The van der Waals surface area contributed by atoms with Crippen molar-refractivity contribution < 1.29 is 43.3 Å². The van der Waals surface area contributed by atoms with Gasteiger partial charge in [0.2, 0.25) is 17.7 Å². The number of rotatable bonds is 26. The number of nitrogens with zero attached hydrogens (tertiary/aromatic N) is 2. The Morgan fingerprint density at radius 3 is 2.16 bits per heavy atom. The van der Waals surface area contributed by atoms with Crippen molar-refractivity contribution in [3.8, 4) is 28.7 Å². The molecule has 1 aliphatic rings. The van der Waals surface area contributed by atoms with Crippen LogP contribution in [0.5, 0.6) is 11.5 Å². The van der Waals surface area contributed by atoms with E-state index >= 15 is 0 Å². The third kappa shape index (κ3) is 16.1. The van der Waals surface area contributed by atoms with Gasteiger partial charge < -0.3 is 47.3 Å². The molecular weight excluding hydrogens is 807 g/mol. The number of ketones is 3. The van der Waals surface area contributed by atoms with Crippen LogP contribution in [0, 0.1) is 23.2 Å². The van der Waals surface area contributed by atoms with Crippen molar-refractivity contribution in [2.45, 2.75) is 122 Å². The van der Waals surface area contributed by atoms with E-state index in [9.17, 15) is 39.1 Å². The van der Waals surface area contributed by atoms with Gasteiger partial charge in [0.1, 0.15) is 36.8 Å². The number of nitriles is 1. The van der Waals surface area contributed by atoms with Gasteiger partial charge in [-0.25, -0.2) is 0 Å². The Bertz CT molecular complexity index is 1880. The summed E-state index contributed by atoms with van der Waals surface area (Å²) < 4.78 is 12.2. The zero-order chi connectivity index (χ0) is 46.3. The predicted octanol–water partition coefficient (Wildman–Crippen LogP) is 3.58. The summed E-state index contributed by atoms with van der Waals surface area (Å²) in [6.45, 7) is 3.78. The number of nitrogens with one attached hydrogen (secondary N) is 2. The highest BCUT2D eigenvalue weighted by Gasteiger charge is 2.37. The van der Waals surface area contributed by atoms with Crippen molar-refractivity contribution in [3.05, 3.63) is 47.5 Å². The number of hydrogen-bond donors (Lipinski definition) is 6. The minimum atomic E-state index is -1.28. The SMILES string of the molecule is CCCCCCCCCC(=O)N[C@H](CO)C(=O)C[C@@H](CCN)C(=O)N(C)[C@@H]1C(=O)C[C@@H](C)C(=O)N[C@H](C(=O)CCC#N)Cc2ccc(OCCN)c(c2)-c2cc1ccc2OCCN. The van der Waals surface area contributed by atoms with Crippen LogP contribution in [0.4, 0.5) is 0 Å². The minimum absolute atomic E-state index is 0.0231. The van der Waals surface area contributed by atoms with Crippen LogP contribution in [-0.4, -0.2) is 104 Å². The number of fused-ring (bicyclic) bond motifs is 5. The lowest BCUT2D eigenvalue weighted by molar-refractivity contribution is -0.144. The van der Waals surface area contributed by atoms with Gasteiger partial charge in [0.05, 0.1) is 18.7 Å². The van der Waals surface area contributed by atoms with E-state index in [0.29, 0.717) is 40.2 Å². The lowest BCUT2D eigenvalue weighted by Crippen LogP contribution is -2.47. The van der Waals surface area contributed by atoms with Gasteiger partial charge in [0.25, 0.3) is 0 Å². The number of nitrogens with two attached hydrogens (primary N) is 3. The van der Waals surface area contributed by atoms with Gasteiger partial charge in [-0.2, -0.15) is 5.26 Å². The largest absolute Gasteiger partial charge is 0.492 e. The summed E-state index contributed by atoms with van der Waals surface area (Å²) >= 11 is 0. The summed E-state index contributed by atoms with van der Waals surface area (Å²) in [6.07, 6.45) is 6.62. The molecule has 3 amide bonds. The third-order valence-electron chi connectivity index (χ3n) is 11.3. The number of aliphatic hydroxyl groups excluding tert-OH is 1. The summed E-state index contributed by atoms with van der Waals surface area (Å²) in [5.41, 5.74) is 19.7. The Balaban J connectivity index is 2.07.